The molecule has 1 saturated carbocycles. The molecule has 0 aromatic carbocycles. The molecule has 0 aliphatic heterocycles. The molecule has 1 heterocycles. The van der Waals surface area contributed by atoms with E-state index in [9.17, 15) is 4.79 Å². The monoisotopic (exact) mass is 340 g/mol. The number of Topliss-reactive ketones (excluding diaryl/α,β-unsaturated/α-hetero) is 1. The molecular weight excluding hydrogens is 316 g/mol. The van der Waals surface area contributed by atoms with Crippen LogP contribution in [0.4, 0.5) is 0 Å². The van der Waals surface area contributed by atoms with Gasteiger partial charge in [0, 0.05) is 11.5 Å². The van der Waals surface area contributed by atoms with Gasteiger partial charge in [-0.1, -0.05) is 26.7 Å². The lowest BCUT2D eigenvalue weighted by Gasteiger charge is -2.30. The molecule has 112 valence electrons. The summed E-state index contributed by atoms with van der Waals surface area (Å²) in [5.41, 5.74) is 0.603. The van der Waals surface area contributed by atoms with Crippen molar-refractivity contribution in [1.82, 2.24) is 9.78 Å². The molecule has 0 bridgehead atoms. The Kier molecular flexibility index (Phi) is 4.73. The van der Waals surface area contributed by atoms with E-state index >= 15 is 0 Å². The molecule has 3 nitrogen and oxygen atoms in total. The van der Waals surface area contributed by atoms with Crippen molar-refractivity contribution in [2.45, 2.75) is 65.8 Å². The lowest BCUT2D eigenvalue weighted by Crippen LogP contribution is -2.32. The van der Waals surface area contributed by atoms with Crippen molar-refractivity contribution >= 4 is 21.7 Å². The zero-order valence-electron chi connectivity index (χ0n) is 12.9. The van der Waals surface area contributed by atoms with E-state index < -0.39 is 0 Å². The molecule has 20 heavy (non-hydrogen) atoms. The molecule has 1 aliphatic carbocycles. The van der Waals surface area contributed by atoms with Gasteiger partial charge >= 0.3 is 0 Å². The molecule has 0 unspecified atom stereocenters. The molecule has 0 amide bonds. The van der Waals surface area contributed by atoms with Crippen LogP contribution >= 0.6 is 15.9 Å². The van der Waals surface area contributed by atoms with E-state index in [2.05, 4.69) is 48.7 Å². The maximum atomic E-state index is 13.2. The first-order valence-corrected chi connectivity index (χ1v) is 8.44. The number of aromatic nitrogens is 2. The average Bonchev–Trinajstić information content (AvgIpc) is 2.95. The molecule has 0 atom stereocenters. The Bertz CT molecular complexity index is 485. The van der Waals surface area contributed by atoms with Gasteiger partial charge in [-0.15, -0.1) is 0 Å². The van der Waals surface area contributed by atoms with Gasteiger partial charge in [-0.3, -0.25) is 9.48 Å². The Hall–Kier alpha value is -0.640. The molecule has 1 fully saturated rings. The second-order valence-electron chi connectivity index (χ2n) is 6.79. The fourth-order valence-corrected chi connectivity index (χ4v) is 4.01. The van der Waals surface area contributed by atoms with Crippen molar-refractivity contribution in [3.8, 4) is 0 Å². The molecule has 1 aliphatic rings. The normalized spacial score (nSPS) is 18.1. The van der Waals surface area contributed by atoms with Gasteiger partial charge in [-0.25, -0.2) is 0 Å². The van der Waals surface area contributed by atoms with Crippen molar-refractivity contribution in [2.24, 2.45) is 11.3 Å². The Morgan fingerprint density at radius 3 is 2.45 bits per heavy atom. The quantitative estimate of drug-likeness (QED) is 0.705. The third kappa shape index (κ3) is 2.85. The highest BCUT2D eigenvalue weighted by Crippen LogP contribution is 2.46. The molecule has 0 N–H and O–H groups in total. The van der Waals surface area contributed by atoms with Crippen LogP contribution in [0.1, 0.15) is 76.3 Å². The SMILES string of the molecule is CC(C)CC1(C(=O)c2c(Br)cnn2C(C)C)CCCC1. The minimum Gasteiger partial charge on any atom is -0.292 e. The third-order valence-corrected chi connectivity index (χ3v) is 4.88. The van der Waals surface area contributed by atoms with Gasteiger partial charge in [0.05, 0.1) is 10.7 Å². The third-order valence-electron chi connectivity index (χ3n) is 4.30. The van der Waals surface area contributed by atoms with Gasteiger partial charge in [0.25, 0.3) is 0 Å². The van der Waals surface area contributed by atoms with Crippen LogP contribution in [0.15, 0.2) is 10.7 Å². The van der Waals surface area contributed by atoms with Crippen LogP contribution in [0.5, 0.6) is 0 Å². The molecule has 0 spiro atoms. The lowest BCUT2D eigenvalue weighted by molar-refractivity contribution is 0.0744. The summed E-state index contributed by atoms with van der Waals surface area (Å²) in [5.74, 6) is 0.841. The summed E-state index contributed by atoms with van der Waals surface area (Å²) in [7, 11) is 0. The topological polar surface area (TPSA) is 34.9 Å². The standard InChI is InChI=1S/C16H25BrN2O/c1-11(2)9-16(7-5-6-8-16)15(20)14-13(17)10-18-19(14)12(3)4/h10-12H,5-9H2,1-4H3. The maximum Gasteiger partial charge on any atom is 0.188 e. The largest absolute Gasteiger partial charge is 0.292 e. The Morgan fingerprint density at radius 2 is 1.95 bits per heavy atom. The van der Waals surface area contributed by atoms with Crippen LogP contribution in [-0.2, 0) is 0 Å². The van der Waals surface area contributed by atoms with Gasteiger partial charge < -0.3 is 0 Å². The number of hydrogen-bond donors (Lipinski definition) is 0. The highest BCUT2D eigenvalue weighted by atomic mass is 79.9. The Morgan fingerprint density at radius 1 is 1.35 bits per heavy atom. The maximum absolute atomic E-state index is 13.2. The van der Waals surface area contributed by atoms with Crippen molar-refractivity contribution in [3.63, 3.8) is 0 Å². The van der Waals surface area contributed by atoms with Crippen molar-refractivity contribution in [2.75, 3.05) is 0 Å². The van der Waals surface area contributed by atoms with Gasteiger partial charge in [0.15, 0.2) is 5.78 Å². The van der Waals surface area contributed by atoms with Gasteiger partial charge in [0.2, 0.25) is 0 Å². The fraction of sp³-hybridized carbons (Fsp3) is 0.750. The van der Waals surface area contributed by atoms with Crippen LogP contribution < -0.4 is 0 Å². The minimum atomic E-state index is -0.163. The number of carbonyl (C=O) groups is 1. The molecule has 0 saturated heterocycles. The summed E-state index contributed by atoms with van der Waals surface area (Å²) in [6.07, 6.45) is 7.14. The minimum absolute atomic E-state index is 0.163. The summed E-state index contributed by atoms with van der Waals surface area (Å²) in [5, 5.41) is 4.37. The average molecular weight is 341 g/mol. The molecule has 1 aromatic heterocycles. The lowest BCUT2D eigenvalue weighted by atomic mass is 9.74. The van der Waals surface area contributed by atoms with Gasteiger partial charge in [-0.05, 0) is 55.0 Å². The van der Waals surface area contributed by atoms with E-state index in [4.69, 9.17) is 0 Å². The van der Waals surface area contributed by atoms with Crippen LogP contribution in [-0.4, -0.2) is 15.6 Å². The smallest absolute Gasteiger partial charge is 0.188 e. The number of hydrogen-bond acceptors (Lipinski definition) is 2. The van der Waals surface area contributed by atoms with E-state index in [0.717, 1.165) is 29.4 Å². The van der Waals surface area contributed by atoms with Crippen LogP contribution in [0.2, 0.25) is 0 Å². The summed E-state index contributed by atoms with van der Waals surface area (Å²) >= 11 is 3.52. The molecular formula is C16H25BrN2O. The first-order chi connectivity index (χ1) is 9.37. The Balaban J connectivity index is 2.40. The second kappa shape index (κ2) is 6.00. The number of ketones is 1. The van der Waals surface area contributed by atoms with E-state index in [0.29, 0.717) is 11.7 Å². The number of nitrogens with zero attached hydrogens (tertiary/aromatic N) is 2. The van der Waals surface area contributed by atoms with Gasteiger partial charge in [-0.2, -0.15) is 5.10 Å². The van der Waals surface area contributed by atoms with Crippen molar-refractivity contribution < 1.29 is 4.79 Å². The van der Waals surface area contributed by atoms with E-state index in [1.807, 2.05) is 4.68 Å². The van der Waals surface area contributed by atoms with Crippen LogP contribution in [0.25, 0.3) is 0 Å². The number of carbonyl (C=O) groups excluding carboxylic acids is 1. The second-order valence-corrected chi connectivity index (χ2v) is 7.65. The Labute approximate surface area is 130 Å². The fourth-order valence-electron chi connectivity index (χ4n) is 3.55. The summed E-state index contributed by atoms with van der Waals surface area (Å²) in [4.78, 5) is 13.2. The molecule has 2 rings (SSSR count). The zero-order valence-corrected chi connectivity index (χ0v) is 14.5. The van der Waals surface area contributed by atoms with Crippen molar-refractivity contribution in [1.29, 1.82) is 0 Å². The number of halogens is 1. The predicted octanol–water partition coefficient (Wildman–Crippen LogP) is 5.02. The van der Waals surface area contributed by atoms with Gasteiger partial charge in [0.1, 0.15) is 5.69 Å². The summed E-state index contributed by atoms with van der Waals surface area (Å²) in [6, 6.07) is 0.206. The number of rotatable bonds is 5. The predicted molar refractivity (Wildman–Crippen MR) is 85.0 cm³/mol. The first-order valence-electron chi connectivity index (χ1n) is 7.65. The first kappa shape index (κ1) is 15.7. The van der Waals surface area contributed by atoms with Crippen LogP contribution in [0.3, 0.4) is 0 Å². The van der Waals surface area contributed by atoms with E-state index in [1.54, 1.807) is 6.20 Å². The summed E-state index contributed by atoms with van der Waals surface area (Å²) in [6.45, 7) is 8.56. The highest BCUT2D eigenvalue weighted by Gasteiger charge is 2.43. The highest BCUT2D eigenvalue weighted by molar-refractivity contribution is 9.10. The molecule has 0 radical (unpaired) electrons. The van der Waals surface area contributed by atoms with Crippen LogP contribution in [0, 0.1) is 11.3 Å². The zero-order chi connectivity index (χ0) is 14.9. The van der Waals surface area contributed by atoms with Crippen molar-refractivity contribution in [3.05, 3.63) is 16.4 Å². The van der Waals surface area contributed by atoms with E-state index in [1.165, 1.54) is 12.8 Å². The molecule has 1 aromatic rings. The summed E-state index contributed by atoms with van der Waals surface area (Å²) < 4.78 is 2.71. The molecule has 4 heteroatoms. The van der Waals surface area contributed by atoms with E-state index in [-0.39, 0.29) is 11.5 Å².